The van der Waals surface area contributed by atoms with E-state index in [1.807, 2.05) is 36.4 Å². The minimum absolute atomic E-state index is 0.0135. The Bertz CT molecular complexity index is 1290. The number of ether oxygens (including phenoxy) is 2. The second-order valence-corrected chi connectivity index (χ2v) is 13.4. The van der Waals surface area contributed by atoms with E-state index >= 15 is 0 Å². The van der Waals surface area contributed by atoms with Crippen LogP contribution in [0.2, 0.25) is 0 Å². The molecule has 0 aromatic heterocycles. The third-order valence-electron chi connectivity index (χ3n) is 5.88. The van der Waals surface area contributed by atoms with Crippen molar-refractivity contribution in [1.29, 1.82) is 0 Å². The van der Waals surface area contributed by atoms with Gasteiger partial charge in [0.15, 0.2) is 15.0 Å². The van der Waals surface area contributed by atoms with E-state index in [2.05, 4.69) is 10.3 Å². The molecule has 1 N–H and O–H groups in total. The molecule has 3 atom stereocenters. The van der Waals surface area contributed by atoms with Crippen LogP contribution in [0, 0.1) is 0 Å². The zero-order chi connectivity index (χ0) is 26.8. The van der Waals surface area contributed by atoms with Gasteiger partial charge in [0.25, 0.3) is 5.91 Å². The fraction of sp³-hybridized carbons (Fsp3) is 0.423. The van der Waals surface area contributed by atoms with Gasteiger partial charge in [0.1, 0.15) is 17.4 Å². The number of aliphatic imine (C=N–C) groups is 1. The molecule has 0 unspecified atom stereocenters. The van der Waals surface area contributed by atoms with Crippen molar-refractivity contribution in [1.82, 2.24) is 5.32 Å². The van der Waals surface area contributed by atoms with Gasteiger partial charge in [0, 0.05) is 23.4 Å². The van der Waals surface area contributed by atoms with E-state index in [-0.39, 0.29) is 29.2 Å². The Morgan fingerprint density at radius 1 is 1.14 bits per heavy atom. The van der Waals surface area contributed by atoms with Crippen molar-refractivity contribution in [3.63, 3.8) is 0 Å². The van der Waals surface area contributed by atoms with E-state index < -0.39 is 33.5 Å². The van der Waals surface area contributed by atoms with E-state index in [1.54, 1.807) is 51.0 Å². The second-order valence-electron chi connectivity index (χ2n) is 9.99. The third-order valence-corrected chi connectivity index (χ3v) is 9.09. The second kappa shape index (κ2) is 10.7. The molecule has 11 heteroatoms. The van der Waals surface area contributed by atoms with Gasteiger partial charge in [-0.15, -0.1) is 0 Å². The predicted molar refractivity (Wildman–Crippen MR) is 145 cm³/mol. The van der Waals surface area contributed by atoms with Crippen molar-refractivity contribution >= 4 is 44.5 Å². The van der Waals surface area contributed by atoms with Crippen LogP contribution in [0.4, 0.5) is 10.5 Å². The maximum absolute atomic E-state index is 13.5. The molecule has 2 heterocycles. The smallest absolute Gasteiger partial charge is 0.408 e. The molecule has 37 heavy (non-hydrogen) atoms. The number of thioether (sulfide) groups is 1. The molecule has 0 spiro atoms. The Balaban J connectivity index is 1.66. The fourth-order valence-electron chi connectivity index (χ4n) is 4.30. The van der Waals surface area contributed by atoms with Gasteiger partial charge in [-0.25, -0.2) is 13.2 Å². The van der Waals surface area contributed by atoms with Crippen molar-refractivity contribution in [2.75, 3.05) is 23.5 Å². The van der Waals surface area contributed by atoms with Crippen molar-refractivity contribution in [2.45, 2.75) is 50.1 Å². The summed E-state index contributed by atoms with van der Waals surface area (Å²) in [7, 11) is -1.66. The summed E-state index contributed by atoms with van der Waals surface area (Å²) in [6, 6.07) is 15.2. The largest absolute Gasteiger partial charge is 0.497 e. The van der Waals surface area contributed by atoms with Gasteiger partial charge >= 0.3 is 6.09 Å². The summed E-state index contributed by atoms with van der Waals surface area (Å²) in [5.41, 5.74) is 0.801. The highest BCUT2D eigenvalue weighted by molar-refractivity contribution is 8.16. The molecule has 198 valence electrons. The number of fused-ring (bicyclic) bond motifs is 1. The van der Waals surface area contributed by atoms with Crippen LogP contribution >= 0.6 is 11.8 Å². The van der Waals surface area contributed by atoms with Crippen molar-refractivity contribution in [3.8, 4) is 5.75 Å². The molecule has 2 saturated heterocycles. The molecule has 4 rings (SSSR count). The molecule has 2 aliphatic heterocycles. The number of amides is 2. The molecule has 0 aliphatic carbocycles. The number of benzene rings is 2. The summed E-state index contributed by atoms with van der Waals surface area (Å²) in [4.78, 5) is 32.3. The van der Waals surface area contributed by atoms with Gasteiger partial charge < -0.3 is 19.7 Å². The molecule has 2 amide bonds. The average molecular weight is 546 g/mol. The van der Waals surface area contributed by atoms with Crippen LogP contribution in [-0.4, -0.2) is 67.1 Å². The van der Waals surface area contributed by atoms with Gasteiger partial charge in [0.05, 0.1) is 24.7 Å². The first-order valence-corrected chi connectivity index (χ1v) is 14.6. The maximum atomic E-state index is 13.5. The zero-order valence-electron chi connectivity index (χ0n) is 21.2. The summed E-state index contributed by atoms with van der Waals surface area (Å²) >= 11 is 1.27. The van der Waals surface area contributed by atoms with Gasteiger partial charge in [0.2, 0.25) is 0 Å². The Hall–Kier alpha value is -3.05. The Morgan fingerprint density at radius 2 is 1.86 bits per heavy atom. The normalized spacial score (nSPS) is 22.4. The number of alkyl carbamates (subject to hydrolysis) is 1. The number of rotatable bonds is 6. The van der Waals surface area contributed by atoms with E-state index in [9.17, 15) is 18.0 Å². The molecular formula is C26H31N3O6S2. The molecule has 9 nitrogen and oxygen atoms in total. The molecule has 0 saturated carbocycles. The quantitative estimate of drug-likeness (QED) is 0.587. The third kappa shape index (κ3) is 6.84. The van der Waals surface area contributed by atoms with Crippen LogP contribution in [-0.2, 0) is 25.8 Å². The molecule has 0 radical (unpaired) electrons. The van der Waals surface area contributed by atoms with Crippen molar-refractivity contribution in [3.05, 3.63) is 60.2 Å². The lowest BCUT2D eigenvalue weighted by molar-refractivity contribution is -0.119. The Labute approximate surface area is 221 Å². The van der Waals surface area contributed by atoms with E-state index in [1.165, 1.54) is 11.8 Å². The zero-order valence-corrected chi connectivity index (χ0v) is 22.8. The van der Waals surface area contributed by atoms with Crippen LogP contribution in [0.5, 0.6) is 5.75 Å². The van der Waals surface area contributed by atoms with Gasteiger partial charge in [-0.1, -0.05) is 48.2 Å². The monoisotopic (exact) mass is 545 g/mol. The highest BCUT2D eigenvalue weighted by Gasteiger charge is 2.49. The lowest BCUT2D eigenvalue weighted by Gasteiger charge is -2.25. The Kier molecular flexibility index (Phi) is 7.84. The number of hydrogen-bond donors (Lipinski definition) is 1. The van der Waals surface area contributed by atoms with E-state index in [0.717, 1.165) is 5.56 Å². The predicted octanol–water partition coefficient (Wildman–Crippen LogP) is 3.43. The molecule has 2 aromatic carbocycles. The molecule has 2 fully saturated rings. The Morgan fingerprint density at radius 3 is 2.54 bits per heavy atom. The van der Waals surface area contributed by atoms with E-state index in [4.69, 9.17) is 9.47 Å². The summed E-state index contributed by atoms with van der Waals surface area (Å²) in [5.74, 6) is 0.0390. The van der Waals surface area contributed by atoms with Gasteiger partial charge in [-0.05, 0) is 38.5 Å². The summed E-state index contributed by atoms with van der Waals surface area (Å²) in [5, 5.41) is 2.81. The number of carbonyl (C=O) groups is 2. The van der Waals surface area contributed by atoms with Crippen molar-refractivity contribution < 1.29 is 27.5 Å². The number of anilines is 1. The highest BCUT2D eigenvalue weighted by atomic mass is 32.2. The number of methoxy groups -OCH3 is 1. The standard InChI is InChI=1S/C26H31N3O6S2/c1-26(2,3)35-25(31)27-20(13-17-9-6-5-7-10-17)23(30)28-24-29(18-11-8-12-19(14-18)34-4)21-15-37(32,33)16-22(21)36-24/h5-12,14,20-22H,13,15-16H2,1-4H3,(H,27,31)/t20-,21+,22-/m0/s1. The topological polar surface area (TPSA) is 114 Å². The number of nitrogens with one attached hydrogen (secondary N) is 1. The number of nitrogens with zero attached hydrogens (tertiary/aromatic N) is 2. The van der Waals surface area contributed by atoms with Gasteiger partial charge in [-0.2, -0.15) is 4.99 Å². The van der Waals surface area contributed by atoms with Crippen LogP contribution in [0.3, 0.4) is 0 Å². The SMILES string of the molecule is COc1cccc(N2C(=NC(=O)[C@H](Cc3ccccc3)NC(=O)OC(C)(C)C)S[C@H]3CS(=O)(=O)C[C@H]32)c1. The fourth-order valence-corrected chi connectivity index (χ4v) is 8.22. The van der Waals surface area contributed by atoms with Crippen molar-refractivity contribution in [2.24, 2.45) is 4.99 Å². The van der Waals surface area contributed by atoms with Crippen LogP contribution in [0.15, 0.2) is 59.6 Å². The summed E-state index contributed by atoms with van der Waals surface area (Å²) in [6.45, 7) is 5.23. The maximum Gasteiger partial charge on any atom is 0.408 e. The average Bonchev–Trinajstić information content (AvgIpc) is 3.28. The number of sulfone groups is 1. The summed E-state index contributed by atoms with van der Waals surface area (Å²) in [6.07, 6.45) is -0.491. The molecule has 0 bridgehead atoms. The molecule has 2 aromatic rings. The van der Waals surface area contributed by atoms with Gasteiger partial charge in [-0.3, -0.25) is 4.79 Å². The van der Waals surface area contributed by atoms with Crippen LogP contribution in [0.1, 0.15) is 26.3 Å². The minimum Gasteiger partial charge on any atom is -0.497 e. The van der Waals surface area contributed by atoms with E-state index in [0.29, 0.717) is 16.6 Å². The lowest BCUT2D eigenvalue weighted by Crippen LogP contribution is -2.45. The number of amidine groups is 1. The first kappa shape index (κ1) is 27.0. The molecule has 2 aliphatic rings. The van der Waals surface area contributed by atoms with Crippen LogP contribution in [0.25, 0.3) is 0 Å². The first-order chi connectivity index (χ1) is 17.4. The minimum atomic E-state index is -3.21. The summed E-state index contributed by atoms with van der Waals surface area (Å²) < 4.78 is 35.5. The first-order valence-electron chi connectivity index (χ1n) is 11.9. The number of carbonyl (C=O) groups excluding carboxylic acids is 2. The molecular weight excluding hydrogens is 514 g/mol. The lowest BCUT2D eigenvalue weighted by atomic mass is 10.1. The number of hydrogen-bond acceptors (Lipinski definition) is 7. The highest BCUT2D eigenvalue weighted by Crippen LogP contribution is 2.41. The van der Waals surface area contributed by atoms with Crippen LogP contribution < -0.4 is 15.0 Å².